The lowest BCUT2D eigenvalue weighted by atomic mass is 9.79. The number of nitrogens with one attached hydrogen (secondary N) is 2. The largest absolute Gasteiger partial charge is 0.351 e. The lowest BCUT2D eigenvalue weighted by Gasteiger charge is -2.44. The zero-order valence-electron chi connectivity index (χ0n) is 17.2. The molecule has 0 bridgehead atoms. The van der Waals surface area contributed by atoms with Crippen LogP contribution in [0.5, 0.6) is 0 Å². The van der Waals surface area contributed by atoms with Gasteiger partial charge in [0.1, 0.15) is 5.54 Å². The SMILES string of the molecule is NC(=O)NN(C(=O)C(=O)c1ccccc1)C1(C(=O)NC2CCCCC2)CCCCC1. The van der Waals surface area contributed by atoms with E-state index in [1.165, 1.54) is 12.1 Å². The van der Waals surface area contributed by atoms with Crippen molar-refractivity contribution in [1.29, 1.82) is 0 Å². The number of urea groups is 1. The number of primary amides is 1. The number of ketones is 1. The molecule has 1 aromatic rings. The average molecular weight is 415 g/mol. The highest BCUT2D eigenvalue weighted by atomic mass is 16.2. The van der Waals surface area contributed by atoms with Crippen LogP contribution in [-0.2, 0) is 9.59 Å². The second-order valence-electron chi connectivity index (χ2n) is 8.21. The molecular weight excluding hydrogens is 384 g/mol. The zero-order valence-corrected chi connectivity index (χ0v) is 17.2. The van der Waals surface area contributed by atoms with Gasteiger partial charge in [0.15, 0.2) is 0 Å². The van der Waals surface area contributed by atoms with Crippen LogP contribution in [-0.4, -0.2) is 40.2 Å². The summed E-state index contributed by atoms with van der Waals surface area (Å²) >= 11 is 0. The van der Waals surface area contributed by atoms with Crippen LogP contribution in [0.1, 0.15) is 74.6 Å². The molecule has 0 unspecified atom stereocenters. The van der Waals surface area contributed by atoms with Gasteiger partial charge in [0.05, 0.1) is 0 Å². The molecule has 0 radical (unpaired) electrons. The molecule has 0 atom stereocenters. The minimum absolute atomic E-state index is 0.0420. The van der Waals surface area contributed by atoms with E-state index in [0.717, 1.165) is 43.5 Å². The van der Waals surface area contributed by atoms with Crippen molar-refractivity contribution in [3.8, 4) is 0 Å². The van der Waals surface area contributed by atoms with E-state index in [-0.39, 0.29) is 17.5 Å². The van der Waals surface area contributed by atoms with Gasteiger partial charge in [0.2, 0.25) is 5.91 Å². The monoisotopic (exact) mass is 414 g/mol. The maximum Gasteiger partial charge on any atom is 0.331 e. The van der Waals surface area contributed by atoms with Crippen LogP contribution in [0.4, 0.5) is 4.79 Å². The number of hydrogen-bond donors (Lipinski definition) is 3. The number of rotatable bonds is 5. The van der Waals surface area contributed by atoms with E-state index in [4.69, 9.17) is 5.73 Å². The van der Waals surface area contributed by atoms with E-state index in [1.54, 1.807) is 18.2 Å². The lowest BCUT2D eigenvalue weighted by Crippen LogP contribution is -2.69. The molecule has 0 spiro atoms. The van der Waals surface area contributed by atoms with Gasteiger partial charge in [0, 0.05) is 11.6 Å². The highest BCUT2D eigenvalue weighted by molar-refractivity contribution is 6.43. The molecule has 4 amide bonds. The lowest BCUT2D eigenvalue weighted by molar-refractivity contribution is -0.151. The van der Waals surface area contributed by atoms with E-state index in [0.29, 0.717) is 25.7 Å². The predicted molar refractivity (Wildman–Crippen MR) is 111 cm³/mol. The summed E-state index contributed by atoms with van der Waals surface area (Å²) in [5.41, 5.74) is 6.50. The fraction of sp³-hybridized carbons (Fsp3) is 0.545. The first-order valence-corrected chi connectivity index (χ1v) is 10.7. The number of nitrogens with zero attached hydrogens (tertiary/aromatic N) is 1. The van der Waals surface area contributed by atoms with E-state index in [9.17, 15) is 19.2 Å². The van der Waals surface area contributed by atoms with Gasteiger partial charge in [-0.05, 0) is 25.7 Å². The van der Waals surface area contributed by atoms with Crippen LogP contribution in [0.2, 0.25) is 0 Å². The zero-order chi connectivity index (χ0) is 21.6. The highest BCUT2D eigenvalue weighted by Gasteiger charge is 2.50. The number of carbonyl (C=O) groups is 4. The summed E-state index contributed by atoms with van der Waals surface area (Å²) in [5, 5.41) is 3.99. The number of hydrogen-bond acceptors (Lipinski definition) is 4. The molecular formula is C22H30N4O4. The molecule has 2 saturated carbocycles. The number of hydrazine groups is 1. The standard InChI is InChI=1S/C22H30N4O4/c23-21(30)25-26(19(28)18(27)16-10-4-1-5-11-16)22(14-8-3-9-15-22)20(29)24-17-12-6-2-7-13-17/h1,4-5,10-11,17H,2-3,6-9,12-15H2,(H,24,29)(H3,23,25,30). The molecule has 0 aliphatic heterocycles. The van der Waals surface area contributed by atoms with E-state index in [1.807, 2.05) is 0 Å². The van der Waals surface area contributed by atoms with Gasteiger partial charge in [-0.3, -0.25) is 14.4 Å². The first-order valence-electron chi connectivity index (χ1n) is 10.7. The van der Waals surface area contributed by atoms with Crippen LogP contribution in [0.3, 0.4) is 0 Å². The maximum absolute atomic E-state index is 13.5. The summed E-state index contributed by atoms with van der Waals surface area (Å²) in [5.74, 6) is -2.07. The Morgan fingerprint density at radius 3 is 2.10 bits per heavy atom. The predicted octanol–water partition coefficient (Wildman–Crippen LogP) is 2.43. The number of benzene rings is 1. The van der Waals surface area contributed by atoms with Crippen LogP contribution < -0.4 is 16.5 Å². The van der Waals surface area contributed by atoms with E-state index < -0.39 is 23.3 Å². The first-order chi connectivity index (χ1) is 14.4. The second kappa shape index (κ2) is 9.73. The Bertz CT molecular complexity index is 784. The van der Waals surface area contributed by atoms with Crippen molar-refractivity contribution in [3.05, 3.63) is 35.9 Å². The molecule has 3 rings (SSSR count). The summed E-state index contributed by atoms with van der Waals surface area (Å²) < 4.78 is 0. The molecule has 30 heavy (non-hydrogen) atoms. The maximum atomic E-state index is 13.5. The molecule has 8 nitrogen and oxygen atoms in total. The third-order valence-electron chi connectivity index (χ3n) is 6.13. The Morgan fingerprint density at radius 2 is 1.50 bits per heavy atom. The number of carbonyl (C=O) groups excluding carboxylic acids is 4. The Balaban J connectivity index is 1.91. The number of amides is 4. The quantitative estimate of drug-likeness (QED) is 0.389. The van der Waals surface area contributed by atoms with Gasteiger partial charge < -0.3 is 11.1 Å². The fourth-order valence-corrected chi connectivity index (χ4v) is 4.53. The number of nitrogens with two attached hydrogens (primary N) is 1. The molecule has 8 heteroatoms. The normalized spacial score (nSPS) is 18.8. The Kier molecular flexibility index (Phi) is 7.07. The molecule has 1 aromatic carbocycles. The summed E-state index contributed by atoms with van der Waals surface area (Å²) in [7, 11) is 0. The van der Waals surface area contributed by atoms with Gasteiger partial charge >= 0.3 is 11.9 Å². The van der Waals surface area contributed by atoms with E-state index >= 15 is 0 Å². The topological polar surface area (TPSA) is 122 Å². The third kappa shape index (κ3) is 4.80. The molecule has 2 fully saturated rings. The van der Waals surface area contributed by atoms with Crippen LogP contribution in [0.25, 0.3) is 0 Å². The summed E-state index contributed by atoms with van der Waals surface area (Å²) in [6, 6.07) is 7.15. The summed E-state index contributed by atoms with van der Waals surface area (Å²) in [4.78, 5) is 51.3. The minimum atomic E-state index is -1.33. The highest BCUT2D eigenvalue weighted by Crippen LogP contribution is 2.34. The Labute approximate surface area is 176 Å². The van der Waals surface area contributed by atoms with Crippen LogP contribution >= 0.6 is 0 Å². The van der Waals surface area contributed by atoms with Crippen molar-refractivity contribution >= 4 is 23.6 Å². The molecule has 2 aliphatic rings. The van der Waals surface area contributed by atoms with Crippen LogP contribution in [0, 0.1) is 0 Å². The molecule has 4 N–H and O–H groups in total. The van der Waals surface area contributed by atoms with Gasteiger partial charge in [-0.15, -0.1) is 0 Å². The van der Waals surface area contributed by atoms with Crippen molar-refractivity contribution in [2.45, 2.75) is 75.8 Å². The van der Waals surface area contributed by atoms with Crippen molar-refractivity contribution in [2.75, 3.05) is 0 Å². The Hall–Kier alpha value is -2.90. The second-order valence-corrected chi connectivity index (χ2v) is 8.21. The molecule has 2 aliphatic carbocycles. The molecule has 0 heterocycles. The summed E-state index contributed by atoms with van der Waals surface area (Å²) in [6.45, 7) is 0. The molecule has 162 valence electrons. The summed E-state index contributed by atoms with van der Waals surface area (Å²) in [6.07, 6.45) is 8.09. The Morgan fingerprint density at radius 1 is 0.900 bits per heavy atom. The van der Waals surface area contributed by atoms with Crippen molar-refractivity contribution in [1.82, 2.24) is 15.8 Å². The third-order valence-corrected chi connectivity index (χ3v) is 6.13. The smallest absolute Gasteiger partial charge is 0.331 e. The van der Waals surface area contributed by atoms with E-state index in [2.05, 4.69) is 10.7 Å². The average Bonchev–Trinajstić information content (AvgIpc) is 2.78. The van der Waals surface area contributed by atoms with Gasteiger partial charge in [-0.25, -0.2) is 15.2 Å². The molecule has 0 aromatic heterocycles. The minimum Gasteiger partial charge on any atom is -0.351 e. The van der Waals surface area contributed by atoms with Gasteiger partial charge in [-0.2, -0.15) is 0 Å². The number of Topliss-reactive ketones (excluding diaryl/α,β-unsaturated/α-hetero) is 1. The van der Waals surface area contributed by atoms with Crippen LogP contribution in [0.15, 0.2) is 30.3 Å². The van der Waals surface area contributed by atoms with Gasteiger partial charge in [0.25, 0.3) is 5.78 Å². The molecule has 0 saturated heterocycles. The first kappa shape index (κ1) is 21.8. The van der Waals surface area contributed by atoms with Crippen molar-refractivity contribution in [2.24, 2.45) is 5.73 Å². The van der Waals surface area contributed by atoms with Crippen molar-refractivity contribution in [3.63, 3.8) is 0 Å². The van der Waals surface area contributed by atoms with Crippen molar-refractivity contribution < 1.29 is 19.2 Å². The fourth-order valence-electron chi connectivity index (χ4n) is 4.53. The van der Waals surface area contributed by atoms with Gasteiger partial charge in [-0.1, -0.05) is 68.9 Å².